The number of hydrogen-bond acceptors (Lipinski definition) is 4. The van der Waals surface area contributed by atoms with Gasteiger partial charge in [-0.05, 0) is 55.1 Å². The molecule has 1 aromatic carbocycles. The van der Waals surface area contributed by atoms with Crippen molar-refractivity contribution < 1.29 is 14.7 Å². The number of nitrogens with one attached hydrogen (secondary N) is 1. The van der Waals surface area contributed by atoms with Gasteiger partial charge in [-0.25, -0.2) is 0 Å². The number of aliphatic hydroxyl groups excluding tert-OH is 1. The fraction of sp³-hybridized carbons (Fsp3) is 0.619. The average Bonchev–Trinajstić information content (AvgIpc) is 2.95. The van der Waals surface area contributed by atoms with Gasteiger partial charge in [-0.1, -0.05) is 32.9 Å². The summed E-state index contributed by atoms with van der Waals surface area (Å²) in [5.74, 6) is 2.17. The monoisotopic (exact) mass is 405 g/mol. The Bertz CT molecular complexity index is 813. The van der Waals surface area contributed by atoms with Gasteiger partial charge in [0.2, 0.25) is 4.77 Å². The van der Waals surface area contributed by atoms with Crippen LogP contribution in [0, 0.1) is 10.7 Å². The van der Waals surface area contributed by atoms with Crippen molar-refractivity contribution >= 4 is 12.2 Å². The van der Waals surface area contributed by atoms with Gasteiger partial charge in [0.25, 0.3) is 0 Å². The van der Waals surface area contributed by atoms with Crippen molar-refractivity contribution in [1.82, 2.24) is 14.3 Å². The van der Waals surface area contributed by atoms with E-state index in [0.29, 0.717) is 19.2 Å². The van der Waals surface area contributed by atoms with Gasteiger partial charge in [0.05, 0.1) is 6.54 Å². The highest BCUT2D eigenvalue weighted by Gasteiger charge is 2.23. The van der Waals surface area contributed by atoms with E-state index in [9.17, 15) is 5.11 Å². The third kappa shape index (κ3) is 5.43. The van der Waals surface area contributed by atoms with Crippen LogP contribution in [0.5, 0.6) is 5.75 Å². The van der Waals surface area contributed by atoms with Gasteiger partial charge in [-0.3, -0.25) is 0 Å². The molecule has 2 aromatic rings. The SMILES string of the molecule is CCc1ccc(OCc2nn(C[NH+]3CCC[C@@H](O)C3)c(=S)n2CC(C)C)cc1. The Balaban J connectivity index is 1.75. The molecule has 7 heteroatoms. The molecule has 0 saturated carbocycles. The summed E-state index contributed by atoms with van der Waals surface area (Å²) in [5, 5.41) is 14.7. The molecule has 2 heterocycles. The normalized spacial score (nSPS) is 19.9. The van der Waals surface area contributed by atoms with E-state index in [0.717, 1.165) is 55.2 Å². The van der Waals surface area contributed by atoms with Crippen LogP contribution >= 0.6 is 12.2 Å². The molecule has 3 rings (SSSR count). The molecule has 2 atom stereocenters. The van der Waals surface area contributed by atoms with Crippen molar-refractivity contribution in [1.29, 1.82) is 0 Å². The molecule has 1 fully saturated rings. The van der Waals surface area contributed by atoms with Crippen LogP contribution < -0.4 is 9.64 Å². The number of piperidine rings is 1. The van der Waals surface area contributed by atoms with Gasteiger partial charge in [0, 0.05) is 6.54 Å². The second-order valence-corrected chi connectivity index (χ2v) is 8.51. The van der Waals surface area contributed by atoms with Crippen LogP contribution in [0.1, 0.15) is 45.0 Å². The molecule has 2 N–H and O–H groups in total. The summed E-state index contributed by atoms with van der Waals surface area (Å²) in [5.41, 5.74) is 1.30. The Morgan fingerprint density at radius 1 is 1.32 bits per heavy atom. The molecule has 1 saturated heterocycles. The maximum atomic E-state index is 9.95. The highest BCUT2D eigenvalue weighted by molar-refractivity contribution is 7.71. The maximum Gasteiger partial charge on any atom is 0.202 e. The number of ether oxygens (including phenoxy) is 1. The number of nitrogens with zero attached hydrogens (tertiary/aromatic N) is 3. The maximum absolute atomic E-state index is 9.95. The predicted octanol–water partition coefficient (Wildman–Crippen LogP) is 2.21. The number of aromatic nitrogens is 3. The molecule has 1 aromatic heterocycles. The van der Waals surface area contributed by atoms with Crippen LogP contribution in [0.3, 0.4) is 0 Å². The third-order valence-electron chi connectivity index (χ3n) is 5.21. The number of aryl methyl sites for hydroxylation is 1. The molecular formula is C21H33N4O2S+. The molecule has 0 bridgehead atoms. The highest BCUT2D eigenvalue weighted by atomic mass is 32.1. The van der Waals surface area contributed by atoms with Gasteiger partial charge in [0.15, 0.2) is 12.5 Å². The number of rotatable bonds is 8. The van der Waals surface area contributed by atoms with Crippen LogP contribution in [-0.4, -0.2) is 38.6 Å². The Kier molecular flexibility index (Phi) is 7.26. The minimum atomic E-state index is -0.218. The van der Waals surface area contributed by atoms with E-state index < -0.39 is 0 Å². The molecular weight excluding hydrogens is 372 g/mol. The molecule has 1 aliphatic rings. The van der Waals surface area contributed by atoms with Gasteiger partial charge in [-0.2, -0.15) is 4.68 Å². The Morgan fingerprint density at radius 2 is 2.07 bits per heavy atom. The van der Waals surface area contributed by atoms with Gasteiger partial charge >= 0.3 is 0 Å². The molecule has 0 aliphatic carbocycles. The summed E-state index contributed by atoms with van der Waals surface area (Å²) >= 11 is 5.72. The number of hydrogen-bond donors (Lipinski definition) is 2. The highest BCUT2D eigenvalue weighted by Crippen LogP contribution is 2.15. The molecule has 0 amide bonds. The van der Waals surface area contributed by atoms with Crippen LogP contribution in [0.25, 0.3) is 0 Å². The summed E-state index contributed by atoms with van der Waals surface area (Å²) < 4.78 is 10.7. The third-order valence-corrected chi connectivity index (χ3v) is 5.64. The number of aliphatic hydroxyl groups is 1. The molecule has 1 aliphatic heterocycles. The lowest BCUT2D eigenvalue weighted by Crippen LogP contribution is -3.13. The van der Waals surface area contributed by atoms with E-state index in [4.69, 9.17) is 22.1 Å². The van der Waals surface area contributed by atoms with Crippen LogP contribution in [0.2, 0.25) is 0 Å². The Labute approximate surface area is 172 Å². The molecule has 1 unspecified atom stereocenters. The van der Waals surface area contributed by atoms with E-state index in [1.54, 1.807) is 0 Å². The lowest BCUT2D eigenvalue weighted by Gasteiger charge is -2.26. The van der Waals surface area contributed by atoms with Crippen molar-refractivity contribution in [3.63, 3.8) is 0 Å². The van der Waals surface area contributed by atoms with E-state index in [1.807, 2.05) is 16.8 Å². The topological polar surface area (TPSA) is 56.6 Å². The number of benzene rings is 1. The standard InChI is InChI=1S/C21H32N4O2S/c1-4-17-7-9-19(10-8-17)27-14-20-22-25(21(28)24(20)12-16(2)3)15-23-11-5-6-18(26)13-23/h7-10,16,18,26H,4-6,11-15H2,1-3H3/p+1/t18-/m1/s1. The van der Waals surface area contributed by atoms with Crippen molar-refractivity contribution in [2.75, 3.05) is 13.1 Å². The van der Waals surface area contributed by atoms with E-state index in [-0.39, 0.29) is 6.10 Å². The van der Waals surface area contributed by atoms with Crippen LogP contribution in [0.4, 0.5) is 0 Å². The summed E-state index contributed by atoms with van der Waals surface area (Å²) in [4.78, 5) is 1.33. The minimum absolute atomic E-state index is 0.218. The van der Waals surface area contributed by atoms with E-state index >= 15 is 0 Å². The minimum Gasteiger partial charge on any atom is -0.486 e. The second-order valence-electron chi connectivity index (χ2n) is 8.15. The zero-order chi connectivity index (χ0) is 20.1. The molecule has 0 spiro atoms. The largest absolute Gasteiger partial charge is 0.486 e. The van der Waals surface area contributed by atoms with Crippen LogP contribution in [0.15, 0.2) is 24.3 Å². The Morgan fingerprint density at radius 3 is 2.71 bits per heavy atom. The summed E-state index contributed by atoms with van der Waals surface area (Å²) in [6.07, 6.45) is 2.74. The first kappa shape index (κ1) is 21.0. The fourth-order valence-electron chi connectivity index (χ4n) is 3.69. The molecule has 6 nitrogen and oxygen atoms in total. The summed E-state index contributed by atoms with van der Waals surface area (Å²) in [6, 6.07) is 8.21. The zero-order valence-electron chi connectivity index (χ0n) is 17.2. The van der Waals surface area contributed by atoms with E-state index in [2.05, 4.69) is 37.5 Å². The summed E-state index contributed by atoms with van der Waals surface area (Å²) in [6.45, 7) is 10.2. The quantitative estimate of drug-likeness (QED) is 0.661. The van der Waals surface area contributed by atoms with Gasteiger partial charge in [0.1, 0.15) is 25.0 Å². The van der Waals surface area contributed by atoms with Gasteiger partial charge in [-0.15, -0.1) is 5.10 Å². The first-order valence-electron chi connectivity index (χ1n) is 10.4. The average molecular weight is 406 g/mol. The molecule has 154 valence electrons. The lowest BCUT2D eigenvalue weighted by atomic mass is 10.1. The predicted molar refractivity (Wildman–Crippen MR) is 112 cm³/mol. The van der Waals surface area contributed by atoms with Crippen molar-refractivity contribution in [3.05, 3.63) is 40.4 Å². The number of quaternary nitrogens is 1. The lowest BCUT2D eigenvalue weighted by molar-refractivity contribution is -0.931. The smallest absolute Gasteiger partial charge is 0.202 e. The van der Waals surface area contributed by atoms with E-state index in [1.165, 1.54) is 10.5 Å². The first-order chi connectivity index (χ1) is 13.5. The fourth-order valence-corrected chi connectivity index (χ4v) is 3.98. The Hall–Kier alpha value is -1.70. The van der Waals surface area contributed by atoms with Gasteiger partial charge < -0.3 is 19.3 Å². The van der Waals surface area contributed by atoms with Crippen LogP contribution in [-0.2, 0) is 26.2 Å². The van der Waals surface area contributed by atoms with Crippen molar-refractivity contribution in [3.8, 4) is 5.75 Å². The van der Waals surface area contributed by atoms with Crippen molar-refractivity contribution in [2.24, 2.45) is 5.92 Å². The second kappa shape index (κ2) is 9.67. The first-order valence-corrected chi connectivity index (χ1v) is 10.8. The number of likely N-dealkylation sites (tertiary alicyclic amines) is 1. The molecule has 0 radical (unpaired) electrons. The molecule has 28 heavy (non-hydrogen) atoms. The van der Waals surface area contributed by atoms with Crippen molar-refractivity contribution in [2.45, 2.75) is 66.0 Å². The summed E-state index contributed by atoms with van der Waals surface area (Å²) in [7, 11) is 0. The zero-order valence-corrected chi connectivity index (χ0v) is 18.0.